The van der Waals surface area contributed by atoms with Crippen molar-refractivity contribution in [3.63, 3.8) is 0 Å². The minimum absolute atomic E-state index is 0.122. The van der Waals surface area contributed by atoms with E-state index >= 15 is 0 Å². The second-order valence-corrected chi connectivity index (χ2v) is 7.81. The second-order valence-electron chi connectivity index (χ2n) is 7.81. The lowest BCUT2D eigenvalue weighted by atomic mass is 9.90. The first-order valence-electron chi connectivity index (χ1n) is 10.4. The highest BCUT2D eigenvalue weighted by Gasteiger charge is 2.29. The first kappa shape index (κ1) is 18.6. The molecule has 27 heavy (non-hydrogen) atoms. The van der Waals surface area contributed by atoms with Gasteiger partial charge >= 0.3 is 0 Å². The second kappa shape index (κ2) is 8.93. The molecule has 6 heteroatoms. The highest BCUT2D eigenvalue weighted by atomic mass is 16.5. The van der Waals surface area contributed by atoms with Crippen molar-refractivity contribution in [3.05, 3.63) is 24.3 Å². The predicted molar refractivity (Wildman–Crippen MR) is 105 cm³/mol. The van der Waals surface area contributed by atoms with Crippen molar-refractivity contribution in [2.75, 3.05) is 51.3 Å². The van der Waals surface area contributed by atoms with Gasteiger partial charge < -0.3 is 24.6 Å². The van der Waals surface area contributed by atoms with Crippen molar-refractivity contribution in [1.29, 1.82) is 0 Å². The topological polar surface area (TPSA) is 54.0 Å². The molecule has 2 saturated heterocycles. The molecule has 3 aliphatic rings. The molecule has 1 aliphatic carbocycles. The molecule has 0 bridgehead atoms. The van der Waals surface area contributed by atoms with E-state index in [0.717, 1.165) is 30.3 Å². The molecule has 0 spiro atoms. The van der Waals surface area contributed by atoms with E-state index in [-0.39, 0.29) is 5.91 Å². The Labute approximate surface area is 161 Å². The number of piperidine rings is 1. The summed E-state index contributed by atoms with van der Waals surface area (Å²) in [7, 11) is 0. The van der Waals surface area contributed by atoms with Crippen LogP contribution in [0.25, 0.3) is 0 Å². The summed E-state index contributed by atoms with van der Waals surface area (Å²) in [5.74, 6) is 1.04. The van der Waals surface area contributed by atoms with E-state index in [0.29, 0.717) is 39.0 Å². The zero-order chi connectivity index (χ0) is 18.5. The minimum atomic E-state index is 0.122. The van der Waals surface area contributed by atoms with E-state index in [4.69, 9.17) is 9.47 Å². The number of morpholine rings is 1. The molecule has 1 N–H and O–H groups in total. The van der Waals surface area contributed by atoms with Crippen LogP contribution in [0, 0.1) is 0 Å². The normalized spacial score (nSPS) is 22.3. The third-order valence-electron chi connectivity index (χ3n) is 6.03. The van der Waals surface area contributed by atoms with Gasteiger partial charge in [-0.2, -0.15) is 0 Å². The lowest BCUT2D eigenvalue weighted by molar-refractivity contribution is -0.133. The van der Waals surface area contributed by atoms with Gasteiger partial charge in [-0.3, -0.25) is 4.79 Å². The van der Waals surface area contributed by atoms with Gasteiger partial charge in [0.2, 0.25) is 5.91 Å². The number of rotatable bonds is 6. The molecule has 0 atom stereocenters. The maximum atomic E-state index is 12.2. The van der Waals surface area contributed by atoms with E-state index in [1.54, 1.807) is 0 Å². The van der Waals surface area contributed by atoms with Crippen LogP contribution in [-0.4, -0.2) is 73.8 Å². The Bertz CT molecular complexity index is 604. The lowest BCUT2D eigenvalue weighted by Crippen LogP contribution is -2.46. The molecule has 0 unspecified atom stereocenters. The Kier molecular flexibility index (Phi) is 6.14. The Balaban J connectivity index is 1.19. The highest BCUT2D eigenvalue weighted by Crippen LogP contribution is 2.28. The summed E-state index contributed by atoms with van der Waals surface area (Å²) < 4.78 is 11.5. The molecule has 4 rings (SSSR count). The number of nitrogens with zero attached hydrogens (tertiary/aromatic N) is 2. The first-order valence-corrected chi connectivity index (χ1v) is 10.4. The maximum absolute atomic E-state index is 12.2. The number of nitrogens with one attached hydrogen (secondary N) is 1. The molecule has 148 valence electrons. The predicted octanol–water partition coefficient (Wildman–Crippen LogP) is 2.35. The van der Waals surface area contributed by atoms with Crippen molar-refractivity contribution in [2.24, 2.45) is 0 Å². The van der Waals surface area contributed by atoms with Crippen LogP contribution in [-0.2, 0) is 9.53 Å². The molecule has 1 amide bonds. The Morgan fingerprint density at radius 1 is 1.04 bits per heavy atom. The average Bonchev–Trinajstić information content (AvgIpc) is 2.68. The van der Waals surface area contributed by atoms with Gasteiger partial charge in [-0.1, -0.05) is 6.42 Å². The van der Waals surface area contributed by atoms with Crippen molar-refractivity contribution in [1.82, 2.24) is 9.80 Å². The van der Waals surface area contributed by atoms with Crippen LogP contribution in [0.15, 0.2) is 24.3 Å². The molecule has 3 fully saturated rings. The summed E-state index contributed by atoms with van der Waals surface area (Å²) >= 11 is 0. The average molecular weight is 373 g/mol. The van der Waals surface area contributed by atoms with E-state index in [1.807, 2.05) is 29.2 Å². The molecular formula is C21H31N3O3. The number of carbonyl (C=O) groups is 1. The maximum Gasteiger partial charge on any atom is 0.242 e. The molecule has 6 nitrogen and oxygen atoms in total. The fourth-order valence-corrected chi connectivity index (χ4v) is 4.06. The third-order valence-corrected chi connectivity index (χ3v) is 6.03. The summed E-state index contributed by atoms with van der Waals surface area (Å²) in [6.45, 7) is 5.30. The molecule has 2 aliphatic heterocycles. The van der Waals surface area contributed by atoms with E-state index < -0.39 is 0 Å². The summed E-state index contributed by atoms with van der Waals surface area (Å²) in [4.78, 5) is 16.7. The summed E-state index contributed by atoms with van der Waals surface area (Å²) in [5, 5.41) is 3.21. The molecular weight excluding hydrogens is 342 g/mol. The highest BCUT2D eigenvalue weighted by molar-refractivity contribution is 5.81. The quantitative estimate of drug-likeness (QED) is 0.830. The van der Waals surface area contributed by atoms with Crippen LogP contribution in [0.1, 0.15) is 32.1 Å². The molecule has 1 aromatic rings. The zero-order valence-electron chi connectivity index (χ0n) is 16.1. The molecule has 0 radical (unpaired) electrons. The summed E-state index contributed by atoms with van der Waals surface area (Å²) in [5.41, 5.74) is 0.948. The Morgan fingerprint density at radius 2 is 1.74 bits per heavy atom. The van der Waals surface area contributed by atoms with E-state index in [2.05, 4.69) is 10.2 Å². The van der Waals surface area contributed by atoms with Gasteiger partial charge in [0, 0.05) is 37.9 Å². The lowest BCUT2D eigenvalue weighted by Gasteiger charge is -2.41. The van der Waals surface area contributed by atoms with E-state index in [1.165, 1.54) is 32.4 Å². The number of likely N-dealkylation sites (tertiary alicyclic amines) is 1. The first-order chi connectivity index (χ1) is 13.3. The van der Waals surface area contributed by atoms with Crippen molar-refractivity contribution < 1.29 is 14.3 Å². The monoisotopic (exact) mass is 373 g/mol. The van der Waals surface area contributed by atoms with Gasteiger partial charge in [-0.05, 0) is 49.9 Å². The number of hydrogen-bond donors (Lipinski definition) is 1. The van der Waals surface area contributed by atoms with Crippen molar-refractivity contribution in [2.45, 2.75) is 44.2 Å². The number of ether oxygens (including phenoxy) is 2. The van der Waals surface area contributed by atoms with Gasteiger partial charge in [-0.25, -0.2) is 0 Å². The van der Waals surface area contributed by atoms with Crippen molar-refractivity contribution in [3.8, 4) is 5.75 Å². The standard InChI is InChI=1S/C21H31N3O3/c25-21(24-12-14-26-15-13-24)16-22-17-4-6-19(7-5-17)27-20-8-10-23(11-9-20)18-2-1-3-18/h4-7,18,20,22H,1-3,8-16H2. The third kappa shape index (κ3) is 4.93. The smallest absolute Gasteiger partial charge is 0.242 e. The van der Waals surface area contributed by atoms with Gasteiger partial charge in [0.15, 0.2) is 0 Å². The van der Waals surface area contributed by atoms with E-state index in [9.17, 15) is 4.79 Å². The fraction of sp³-hybridized carbons (Fsp3) is 0.667. The fourth-order valence-electron chi connectivity index (χ4n) is 4.06. The number of amides is 1. The van der Waals surface area contributed by atoms with Gasteiger partial charge in [0.25, 0.3) is 0 Å². The van der Waals surface area contributed by atoms with Gasteiger partial charge in [0.05, 0.1) is 19.8 Å². The number of carbonyl (C=O) groups excluding carboxylic acids is 1. The summed E-state index contributed by atoms with van der Waals surface area (Å²) in [6.07, 6.45) is 6.72. The van der Waals surface area contributed by atoms with Gasteiger partial charge in [-0.15, -0.1) is 0 Å². The zero-order valence-corrected chi connectivity index (χ0v) is 16.1. The van der Waals surface area contributed by atoms with Crippen LogP contribution in [0.4, 0.5) is 5.69 Å². The van der Waals surface area contributed by atoms with Crippen LogP contribution in [0.3, 0.4) is 0 Å². The Hall–Kier alpha value is -1.79. The molecule has 0 aromatic heterocycles. The van der Waals surface area contributed by atoms with Crippen LogP contribution >= 0.6 is 0 Å². The molecule has 2 heterocycles. The van der Waals surface area contributed by atoms with Gasteiger partial charge in [0.1, 0.15) is 11.9 Å². The molecule has 1 aromatic carbocycles. The summed E-state index contributed by atoms with van der Waals surface area (Å²) in [6, 6.07) is 8.83. The number of benzene rings is 1. The largest absolute Gasteiger partial charge is 0.490 e. The number of anilines is 1. The van der Waals surface area contributed by atoms with Crippen LogP contribution < -0.4 is 10.1 Å². The van der Waals surface area contributed by atoms with Crippen molar-refractivity contribution >= 4 is 11.6 Å². The molecule has 1 saturated carbocycles. The minimum Gasteiger partial charge on any atom is -0.490 e. The van der Waals surface area contributed by atoms with Crippen LogP contribution in [0.2, 0.25) is 0 Å². The number of hydrogen-bond acceptors (Lipinski definition) is 5. The Morgan fingerprint density at radius 3 is 2.37 bits per heavy atom. The van der Waals surface area contributed by atoms with Crippen LogP contribution in [0.5, 0.6) is 5.75 Å². The SMILES string of the molecule is O=C(CNc1ccc(OC2CCN(C3CCC3)CC2)cc1)N1CCOCC1.